The number of benzene rings is 1. The van der Waals surface area contributed by atoms with E-state index in [1.807, 2.05) is 12.1 Å². The first-order chi connectivity index (χ1) is 8.13. The molecule has 0 atom stereocenters. The van der Waals surface area contributed by atoms with Crippen molar-refractivity contribution in [3.05, 3.63) is 36.4 Å². The van der Waals surface area contributed by atoms with Gasteiger partial charge in [-0.1, -0.05) is 6.08 Å². The highest BCUT2D eigenvalue weighted by Crippen LogP contribution is 2.27. The van der Waals surface area contributed by atoms with E-state index in [1.54, 1.807) is 19.2 Å². The second kappa shape index (κ2) is 5.95. The Hall–Kier alpha value is -1.95. The number of nitriles is 1. The van der Waals surface area contributed by atoms with Gasteiger partial charge in [-0.15, -0.1) is 6.58 Å². The van der Waals surface area contributed by atoms with Crippen molar-refractivity contribution in [2.24, 2.45) is 0 Å². The van der Waals surface area contributed by atoms with Crippen LogP contribution >= 0.6 is 0 Å². The monoisotopic (exact) mass is 230 g/mol. The molecule has 0 saturated carbocycles. The Labute approximate surface area is 103 Å². The van der Waals surface area contributed by atoms with E-state index >= 15 is 0 Å². The molecule has 90 valence electrons. The van der Waals surface area contributed by atoms with Crippen molar-refractivity contribution < 1.29 is 4.74 Å². The van der Waals surface area contributed by atoms with E-state index in [0.29, 0.717) is 18.2 Å². The van der Waals surface area contributed by atoms with Crippen LogP contribution < -0.4 is 9.64 Å². The molecule has 0 N–H and O–H groups in total. The standard InChI is InChI=1S/C14H18N2O/c1-5-8-16(11(2)3)14-9-13(17-4)7-6-12(14)10-15/h5-7,9,11H,1,8H2,2-4H3. The zero-order valence-corrected chi connectivity index (χ0v) is 10.6. The summed E-state index contributed by atoms with van der Waals surface area (Å²) in [5.74, 6) is 0.758. The van der Waals surface area contributed by atoms with E-state index in [-0.39, 0.29) is 0 Å². The summed E-state index contributed by atoms with van der Waals surface area (Å²) in [5, 5.41) is 9.14. The average Bonchev–Trinajstić information content (AvgIpc) is 2.34. The number of ether oxygens (including phenoxy) is 1. The number of methoxy groups -OCH3 is 1. The Balaban J connectivity index is 3.24. The minimum absolute atomic E-state index is 0.298. The van der Waals surface area contributed by atoms with Crippen LogP contribution in [0.5, 0.6) is 5.75 Å². The van der Waals surface area contributed by atoms with Gasteiger partial charge in [0.15, 0.2) is 0 Å². The maximum Gasteiger partial charge on any atom is 0.121 e. The number of anilines is 1. The maximum absolute atomic E-state index is 9.14. The van der Waals surface area contributed by atoms with Crippen LogP contribution in [0.1, 0.15) is 19.4 Å². The van der Waals surface area contributed by atoms with Crippen LogP contribution in [0.2, 0.25) is 0 Å². The van der Waals surface area contributed by atoms with E-state index in [2.05, 4.69) is 31.4 Å². The number of hydrogen-bond donors (Lipinski definition) is 0. The summed E-state index contributed by atoms with van der Waals surface area (Å²) in [7, 11) is 1.62. The minimum atomic E-state index is 0.298. The molecule has 0 amide bonds. The summed E-state index contributed by atoms with van der Waals surface area (Å²) in [5.41, 5.74) is 1.54. The van der Waals surface area contributed by atoms with Crippen LogP contribution in [0.4, 0.5) is 5.69 Å². The zero-order chi connectivity index (χ0) is 12.8. The molecule has 0 unspecified atom stereocenters. The molecule has 17 heavy (non-hydrogen) atoms. The lowest BCUT2D eigenvalue weighted by molar-refractivity contribution is 0.414. The lowest BCUT2D eigenvalue weighted by Crippen LogP contribution is -2.31. The van der Waals surface area contributed by atoms with Crippen LogP contribution in [0, 0.1) is 11.3 Å². The van der Waals surface area contributed by atoms with E-state index in [1.165, 1.54) is 0 Å². The Morgan fingerprint density at radius 1 is 1.53 bits per heavy atom. The van der Waals surface area contributed by atoms with Crippen molar-refractivity contribution in [1.29, 1.82) is 5.26 Å². The fourth-order valence-corrected chi connectivity index (χ4v) is 1.70. The van der Waals surface area contributed by atoms with Crippen LogP contribution in [0.3, 0.4) is 0 Å². The molecule has 0 fully saturated rings. The van der Waals surface area contributed by atoms with Crippen molar-refractivity contribution in [2.75, 3.05) is 18.6 Å². The van der Waals surface area contributed by atoms with Crippen molar-refractivity contribution in [2.45, 2.75) is 19.9 Å². The van der Waals surface area contributed by atoms with Gasteiger partial charge in [-0.3, -0.25) is 0 Å². The number of nitrogens with zero attached hydrogens (tertiary/aromatic N) is 2. The highest BCUT2D eigenvalue weighted by Gasteiger charge is 2.14. The molecule has 0 aromatic heterocycles. The van der Waals surface area contributed by atoms with E-state index in [0.717, 1.165) is 11.4 Å². The molecule has 0 heterocycles. The molecule has 3 heteroatoms. The topological polar surface area (TPSA) is 36.3 Å². The fourth-order valence-electron chi connectivity index (χ4n) is 1.70. The summed E-state index contributed by atoms with van der Waals surface area (Å²) >= 11 is 0. The van der Waals surface area contributed by atoms with Crippen LogP contribution in [0.25, 0.3) is 0 Å². The molecule has 0 aliphatic heterocycles. The number of rotatable bonds is 5. The van der Waals surface area contributed by atoms with Crippen molar-refractivity contribution >= 4 is 5.69 Å². The predicted molar refractivity (Wildman–Crippen MR) is 70.4 cm³/mol. The highest BCUT2D eigenvalue weighted by atomic mass is 16.5. The van der Waals surface area contributed by atoms with Gasteiger partial charge in [0.25, 0.3) is 0 Å². The van der Waals surface area contributed by atoms with E-state index in [9.17, 15) is 0 Å². The van der Waals surface area contributed by atoms with Crippen LogP contribution in [-0.4, -0.2) is 19.7 Å². The molecule has 1 aromatic carbocycles. The second-order valence-corrected chi connectivity index (χ2v) is 4.03. The molecular weight excluding hydrogens is 212 g/mol. The minimum Gasteiger partial charge on any atom is -0.497 e. The Morgan fingerprint density at radius 3 is 2.71 bits per heavy atom. The zero-order valence-electron chi connectivity index (χ0n) is 10.6. The van der Waals surface area contributed by atoms with Crippen LogP contribution in [-0.2, 0) is 0 Å². The maximum atomic E-state index is 9.14. The molecule has 0 aliphatic carbocycles. The molecule has 0 spiro atoms. The first-order valence-corrected chi connectivity index (χ1v) is 5.59. The Morgan fingerprint density at radius 2 is 2.24 bits per heavy atom. The Bertz CT molecular complexity index is 432. The molecule has 0 bridgehead atoms. The molecule has 0 aliphatic rings. The predicted octanol–water partition coefficient (Wildman–Crippen LogP) is 2.97. The van der Waals surface area contributed by atoms with Gasteiger partial charge in [0.2, 0.25) is 0 Å². The molecule has 1 aromatic rings. The largest absolute Gasteiger partial charge is 0.497 e. The average molecular weight is 230 g/mol. The van der Waals surface area contributed by atoms with Gasteiger partial charge in [0.1, 0.15) is 11.8 Å². The summed E-state index contributed by atoms with van der Waals surface area (Å²) in [4.78, 5) is 2.12. The number of hydrogen-bond acceptors (Lipinski definition) is 3. The molecule has 1 rings (SSSR count). The lowest BCUT2D eigenvalue weighted by atomic mass is 10.1. The molecule has 0 saturated heterocycles. The third kappa shape index (κ3) is 3.01. The summed E-state index contributed by atoms with van der Waals surface area (Å²) < 4.78 is 5.20. The summed E-state index contributed by atoms with van der Waals surface area (Å²) in [6.45, 7) is 8.63. The van der Waals surface area contributed by atoms with Gasteiger partial charge < -0.3 is 9.64 Å². The van der Waals surface area contributed by atoms with Gasteiger partial charge in [0, 0.05) is 18.7 Å². The van der Waals surface area contributed by atoms with Crippen molar-refractivity contribution in [3.8, 4) is 11.8 Å². The smallest absolute Gasteiger partial charge is 0.121 e. The summed E-state index contributed by atoms with van der Waals surface area (Å²) in [6, 6.07) is 7.98. The first kappa shape index (κ1) is 13.1. The summed E-state index contributed by atoms with van der Waals surface area (Å²) in [6.07, 6.45) is 1.83. The van der Waals surface area contributed by atoms with Crippen molar-refractivity contribution in [1.82, 2.24) is 0 Å². The lowest BCUT2D eigenvalue weighted by Gasteiger charge is -2.28. The quantitative estimate of drug-likeness (QED) is 0.730. The van der Waals surface area contributed by atoms with Gasteiger partial charge in [-0.2, -0.15) is 5.26 Å². The molecule has 0 radical (unpaired) electrons. The third-order valence-corrected chi connectivity index (χ3v) is 2.58. The van der Waals surface area contributed by atoms with E-state index in [4.69, 9.17) is 10.00 Å². The van der Waals surface area contributed by atoms with Gasteiger partial charge >= 0.3 is 0 Å². The highest BCUT2D eigenvalue weighted by molar-refractivity contribution is 5.62. The normalized spacial score (nSPS) is 9.82. The SMILES string of the molecule is C=CCN(c1cc(OC)ccc1C#N)C(C)C. The van der Waals surface area contributed by atoms with Crippen molar-refractivity contribution in [3.63, 3.8) is 0 Å². The van der Waals surface area contributed by atoms with E-state index < -0.39 is 0 Å². The Kier molecular flexibility index (Phi) is 4.59. The second-order valence-electron chi connectivity index (χ2n) is 4.03. The third-order valence-electron chi connectivity index (χ3n) is 2.58. The fraction of sp³-hybridized carbons (Fsp3) is 0.357. The van der Waals surface area contributed by atoms with Gasteiger partial charge in [-0.05, 0) is 26.0 Å². The first-order valence-electron chi connectivity index (χ1n) is 5.59. The molecular formula is C14H18N2O. The van der Waals surface area contributed by atoms with Crippen LogP contribution in [0.15, 0.2) is 30.9 Å². The van der Waals surface area contributed by atoms with Gasteiger partial charge in [0.05, 0.1) is 18.4 Å². The molecule has 3 nitrogen and oxygen atoms in total. The van der Waals surface area contributed by atoms with Gasteiger partial charge in [-0.25, -0.2) is 0 Å².